The van der Waals surface area contributed by atoms with Crippen molar-refractivity contribution in [1.29, 1.82) is 0 Å². The minimum absolute atomic E-state index is 0.0937. The van der Waals surface area contributed by atoms with Crippen LogP contribution in [0.4, 0.5) is 18.9 Å². The molecule has 20 heavy (non-hydrogen) atoms. The van der Waals surface area contributed by atoms with Gasteiger partial charge in [-0.25, -0.2) is 0 Å². The number of nitrogens with one attached hydrogen (secondary N) is 1. The molecule has 0 aromatic heterocycles. The molecule has 2 rings (SSSR count). The predicted octanol–water partition coefficient (Wildman–Crippen LogP) is 3.40. The summed E-state index contributed by atoms with van der Waals surface area (Å²) in [5.74, 6) is 2.06. The first-order chi connectivity index (χ1) is 9.40. The average molecular weight is 283 g/mol. The maximum absolute atomic E-state index is 12.9. The van der Waals surface area contributed by atoms with Gasteiger partial charge in [0.05, 0.1) is 11.7 Å². The van der Waals surface area contributed by atoms with Crippen LogP contribution in [0.1, 0.15) is 36.8 Å². The van der Waals surface area contributed by atoms with Gasteiger partial charge < -0.3 is 10.4 Å². The smallest absolute Gasteiger partial charge is 0.393 e. The minimum atomic E-state index is -4.46. The van der Waals surface area contributed by atoms with E-state index in [0.29, 0.717) is 18.5 Å². The first kappa shape index (κ1) is 14.7. The lowest BCUT2D eigenvalue weighted by atomic mass is 9.93. The lowest BCUT2D eigenvalue weighted by Gasteiger charge is -2.27. The summed E-state index contributed by atoms with van der Waals surface area (Å²) in [5.41, 5.74) is -0.527. The number of halogens is 3. The van der Waals surface area contributed by atoms with Gasteiger partial charge in [0.25, 0.3) is 0 Å². The molecule has 2 N–H and O–H groups in total. The number of alkyl halides is 3. The first-order valence-corrected chi connectivity index (χ1v) is 6.52. The predicted molar refractivity (Wildman–Crippen MR) is 71.3 cm³/mol. The van der Waals surface area contributed by atoms with Crippen molar-refractivity contribution in [2.45, 2.75) is 44.0 Å². The molecule has 1 aliphatic carbocycles. The minimum Gasteiger partial charge on any atom is -0.393 e. The second-order valence-electron chi connectivity index (χ2n) is 5.05. The Morgan fingerprint density at radius 3 is 2.40 bits per heavy atom. The Morgan fingerprint density at radius 1 is 1.20 bits per heavy atom. The summed E-state index contributed by atoms with van der Waals surface area (Å²) in [6.45, 7) is 0. The van der Waals surface area contributed by atoms with Crippen molar-refractivity contribution in [3.8, 4) is 12.3 Å². The fourth-order valence-electron chi connectivity index (χ4n) is 2.45. The molecule has 1 aromatic rings. The number of hydrogen-bond acceptors (Lipinski definition) is 2. The van der Waals surface area contributed by atoms with E-state index in [2.05, 4.69) is 11.2 Å². The van der Waals surface area contributed by atoms with Crippen LogP contribution in [0.2, 0.25) is 0 Å². The summed E-state index contributed by atoms with van der Waals surface area (Å²) in [4.78, 5) is 0. The molecule has 0 spiro atoms. The highest BCUT2D eigenvalue weighted by Gasteiger charge is 2.33. The third kappa shape index (κ3) is 3.45. The first-order valence-electron chi connectivity index (χ1n) is 6.52. The molecule has 2 nitrogen and oxygen atoms in total. The van der Waals surface area contributed by atoms with Crippen LogP contribution in [0, 0.1) is 12.3 Å². The van der Waals surface area contributed by atoms with Gasteiger partial charge in [0, 0.05) is 17.3 Å². The normalized spacial score (nSPS) is 23.1. The Morgan fingerprint density at radius 2 is 1.85 bits per heavy atom. The van der Waals surface area contributed by atoms with Gasteiger partial charge in [0.2, 0.25) is 0 Å². The van der Waals surface area contributed by atoms with Gasteiger partial charge in [-0.15, -0.1) is 6.42 Å². The van der Waals surface area contributed by atoms with Crippen molar-refractivity contribution in [2.75, 3.05) is 5.32 Å². The molecule has 0 aliphatic heterocycles. The van der Waals surface area contributed by atoms with Crippen molar-refractivity contribution < 1.29 is 18.3 Å². The molecule has 1 aliphatic rings. The van der Waals surface area contributed by atoms with Gasteiger partial charge in [-0.05, 0) is 43.9 Å². The van der Waals surface area contributed by atoms with Crippen molar-refractivity contribution in [3.63, 3.8) is 0 Å². The van der Waals surface area contributed by atoms with E-state index in [0.717, 1.165) is 18.9 Å². The van der Waals surface area contributed by atoms with Gasteiger partial charge in [0.1, 0.15) is 0 Å². The summed E-state index contributed by atoms with van der Waals surface area (Å²) in [6.07, 6.45) is 3.20. The highest BCUT2D eigenvalue weighted by atomic mass is 19.4. The van der Waals surface area contributed by atoms with Gasteiger partial charge >= 0.3 is 6.18 Å². The molecule has 0 bridgehead atoms. The van der Waals surface area contributed by atoms with E-state index in [1.165, 1.54) is 6.07 Å². The molecule has 108 valence electrons. The largest absolute Gasteiger partial charge is 0.417 e. The van der Waals surface area contributed by atoms with Crippen LogP contribution >= 0.6 is 0 Å². The van der Waals surface area contributed by atoms with Crippen molar-refractivity contribution >= 4 is 5.69 Å². The van der Waals surface area contributed by atoms with Crippen molar-refractivity contribution in [2.24, 2.45) is 0 Å². The molecular formula is C15H16F3NO. The lowest BCUT2D eigenvalue weighted by Crippen LogP contribution is -2.28. The fraction of sp³-hybridized carbons (Fsp3) is 0.467. The third-order valence-electron chi connectivity index (χ3n) is 3.55. The summed E-state index contributed by atoms with van der Waals surface area (Å²) < 4.78 is 38.7. The lowest BCUT2D eigenvalue weighted by molar-refractivity contribution is -0.137. The Hall–Kier alpha value is -1.67. The average Bonchev–Trinajstić information content (AvgIpc) is 2.40. The van der Waals surface area contributed by atoms with E-state index >= 15 is 0 Å². The highest BCUT2D eigenvalue weighted by Crippen LogP contribution is 2.34. The van der Waals surface area contributed by atoms with Crippen LogP contribution in [-0.2, 0) is 6.18 Å². The molecular weight excluding hydrogens is 267 g/mol. The summed E-state index contributed by atoms with van der Waals surface area (Å²) in [7, 11) is 0. The molecule has 0 amide bonds. The molecule has 0 heterocycles. The molecule has 1 saturated carbocycles. The van der Waals surface area contributed by atoms with Gasteiger partial charge in [-0.1, -0.05) is 5.92 Å². The van der Waals surface area contributed by atoms with E-state index in [-0.39, 0.29) is 17.7 Å². The summed E-state index contributed by atoms with van der Waals surface area (Å²) in [5, 5.41) is 12.5. The van der Waals surface area contributed by atoms with Gasteiger partial charge in [-0.2, -0.15) is 13.2 Å². The number of benzene rings is 1. The monoisotopic (exact) mass is 283 g/mol. The Bertz CT molecular complexity index is 511. The number of terminal acetylenes is 1. The number of aliphatic hydroxyl groups is 1. The van der Waals surface area contributed by atoms with Gasteiger partial charge in [-0.3, -0.25) is 0 Å². The molecule has 0 unspecified atom stereocenters. The van der Waals surface area contributed by atoms with Crippen molar-refractivity contribution in [3.05, 3.63) is 29.3 Å². The fourth-order valence-corrected chi connectivity index (χ4v) is 2.45. The van der Waals surface area contributed by atoms with Crippen LogP contribution in [0.15, 0.2) is 18.2 Å². The zero-order chi connectivity index (χ0) is 14.8. The molecule has 1 fully saturated rings. The highest BCUT2D eigenvalue weighted by molar-refractivity contribution is 5.54. The second kappa shape index (κ2) is 5.76. The summed E-state index contributed by atoms with van der Waals surface area (Å²) >= 11 is 0. The molecule has 5 heteroatoms. The number of anilines is 1. The third-order valence-corrected chi connectivity index (χ3v) is 3.55. The van der Waals surface area contributed by atoms with E-state index in [1.54, 1.807) is 6.07 Å². The number of aliphatic hydroxyl groups excluding tert-OH is 1. The maximum Gasteiger partial charge on any atom is 0.417 e. The Labute approximate surface area is 116 Å². The quantitative estimate of drug-likeness (QED) is 0.815. The zero-order valence-electron chi connectivity index (χ0n) is 10.9. The van der Waals surface area contributed by atoms with Crippen molar-refractivity contribution in [1.82, 2.24) is 0 Å². The van der Waals surface area contributed by atoms with Crippen LogP contribution in [0.3, 0.4) is 0 Å². The van der Waals surface area contributed by atoms with E-state index in [4.69, 9.17) is 6.42 Å². The number of rotatable bonds is 2. The molecule has 0 radical (unpaired) electrons. The standard InChI is InChI=1S/C15H16F3NO/c1-2-10-3-4-12(9-14(10)15(16,17)18)19-11-5-7-13(20)8-6-11/h1,3-4,9,11,13,19-20H,5-8H2. The molecule has 1 aromatic carbocycles. The zero-order valence-corrected chi connectivity index (χ0v) is 10.9. The van der Waals surface area contributed by atoms with E-state index < -0.39 is 11.7 Å². The Kier molecular flexibility index (Phi) is 4.24. The van der Waals surface area contributed by atoms with Crippen LogP contribution in [0.5, 0.6) is 0 Å². The Balaban J connectivity index is 2.15. The molecule has 0 saturated heterocycles. The summed E-state index contributed by atoms with van der Waals surface area (Å²) in [6, 6.07) is 4.02. The van der Waals surface area contributed by atoms with E-state index in [1.807, 2.05) is 0 Å². The molecule has 0 atom stereocenters. The van der Waals surface area contributed by atoms with Crippen LogP contribution in [-0.4, -0.2) is 17.3 Å². The second-order valence-corrected chi connectivity index (χ2v) is 5.05. The van der Waals surface area contributed by atoms with E-state index in [9.17, 15) is 18.3 Å². The SMILES string of the molecule is C#Cc1ccc(NC2CCC(O)CC2)cc1C(F)(F)F. The van der Waals surface area contributed by atoms with Crippen LogP contribution < -0.4 is 5.32 Å². The van der Waals surface area contributed by atoms with Gasteiger partial charge in [0.15, 0.2) is 0 Å². The number of hydrogen-bond donors (Lipinski definition) is 2. The maximum atomic E-state index is 12.9. The van der Waals surface area contributed by atoms with Crippen LogP contribution in [0.25, 0.3) is 0 Å². The topological polar surface area (TPSA) is 32.3 Å².